The van der Waals surface area contributed by atoms with Crippen molar-refractivity contribution in [3.8, 4) is 5.75 Å². The van der Waals surface area contributed by atoms with Gasteiger partial charge in [0, 0.05) is 12.5 Å². The van der Waals surface area contributed by atoms with E-state index < -0.39 is 54.9 Å². The van der Waals surface area contributed by atoms with Gasteiger partial charge in [0.2, 0.25) is 12.2 Å². The zero-order valence-electron chi connectivity index (χ0n) is 20.2. The van der Waals surface area contributed by atoms with Crippen molar-refractivity contribution < 1.29 is 43.2 Å². The fraction of sp³-hybridized carbons (Fsp3) is 0.423. The van der Waals surface area contributed by atoms with Crippen LogP contribution in [0.1, 0.15) is 43.0 Å². The number of para-hydroxylation sites is 1. The predicted molar refractivity (Wildman–Crippen MR) is 125 cm³/mol. The molecule has 4 rings (SSSR count). The van der Waals surface area contributed by atoms with Gasteiger partial charge in [-0.05, 0) is 26.0 Å². The highest BCUT2D eigenvalue weighted by Crippen LogP contribution is 2.37. The fourth-order valence-corrected chi connectivity index (χ4v) is 4.28. The van der Waals surface area contributed by atoms with Crippen molar-refractivity contribution in [2.45, 2.75) is 63.8 Å². The van der Waals surface area contributed by atoms with Crippen molar-refractivity contribution in [1.82, 2.24) is 5.32 Å². The van der Waals surface area contributed by atoms with Crippen LogP contribution in [0.25, 0.3) is 0 Å². The quantitative estimate of drug-likeness (QED) is 0.526. The highest BCUT2D eigenvalue weighted by molar-refractivity contribution is 5.96. The molecule has 10 nitrogen and oxygen atoms in total. The predicted octanol–water partition coefficient (Wildman–Crippen LogP) is 2.47. The summed E-state index contributed by atoms with van der Waals surface area (Å²) in [5.74, 6) is -1.53. The number of carboxylic acid groups (broad SMARTS) is 1. The topological polar surface area (TPSA) is 130 Å². The van der Waals surface area contributed by atoms with Gasteiger partial charge in [0.15, 0.2) is 18.2 Å². The molecule has 0 aliphatic carbocycles. The van der Waals surface area contributed by atoms with Crippen molar-refractivity contribution in [1.29, 1.82) is 0 Å². The average Bonchev–Trinajstić information content (AvgIpc) is 2.86. The first-order valence-corrected chi connectivity index (χ1v) is 11.6. The maximum absolute atomic E-state index is 12.2. The van der Waals surface area contributed by atoms with Crippen molar-refractivity contribution >= 4 is 17.7 Å². The van der Waals surface area contributed by atoms with Crippen LogP contribution in [0.2, 0.25) is 0 Å². The zero-order valence-corrected chi connectivity index (χ0v) is 20.2. The number of fused-ring (bicyclic) bond motifs is 1. The number of nitrogens with one attached hydrogen (secondary N) is 1. The Morgan fingerprint density at radius 2 is 1.72 bits per heavy atom. The molecule has 7 unspecified atom stereocenters. The van der Waals surface area contributed by atoms with Gasteiger partial charge < -0.3 is 34.1 Å². The molecule has 2 aromatic rings. The Morgan fingerprint density at radius 3 is 2.39 bits per heavy atom. The van der Waals surface area contributed by atoms with Crippen LogP contribution in [0.4, 0.5) is 0 Å². The Labute approximate surface area is 208 Å². The summed E-state index contributed by atoms with van der Waals surface area (Å²) < 4.78 is 30.3. The normalized spacial score (nSPS) is 28.4. The second-order valence-electron chi connectivity index (χ2n) is 8.70. The third-order valence-electron chi connectivity index (χ3n) is 6.00. The molecule has 192 valence electrons. The number of ether oxygens (including phenoxy) is 5. The molecule has 1 amide bonds. The first kappa shape index (κ1) is 25.8. The summed E-state index contributed by atoms with van der Waals surface area (Å²) in [5, 5.41) is 12.3. The largest absolute Gasteiger partial charge is 0.479 e. The number of Topliss-reactive ketones (excluding diaryl/α,β-unsaturated/α-hetero) is 1. The molecule has 2 aliphatic heterocycles. The van der Waals surface area contributed by atoms with Gasteiger partial charge >= 0.3 is 5.97 Å². The molecule has 10 heteroatoms. The van der Waals surface area contributed by atoms with Crippen LogP contribution >= 0.6 is 0 Å². The van der Waals surface area contributed by atoms with Crippen LogP contribution in [0.5, 0.6) is 5.75 Å². The monoisotopic (exact) mass is 499 g/mol. The summed E-state index contributed by atoms with van der Waals surface area (Å²) in [4.78, 5) is 36.0. The van der Waals surface area contributed by atoms with E-state index in [1.54, 1.807) is 24.3 Å². The molecule has 2 saturated heterocycles. The number of benzene rings is 2. The number of hydrogen-bond donors (Lipinski definition) is 2. The zero-order chi connectivity index (χ0) is 25.8. The summed E-state index contributed by atoms with van der Waals surface area (Å²) >= 11 is 0. The van der Waals surface area contributed by atoms with Crippen LogP contribution in [0.3, 0.4) is 0 Å². The Morgan fingerprint density at radius 1 is 1.03 bits per heavy atom. The number of ketones is 1. The maximum Gasteiger partial charge on any atom is 0.332 e. The van der Waals surface area contributed by atoms with Crippen LogP contribution in [0.15, 0.2) is 54.6 Å². The van der Waals surface area contributed by atoms with Crippen LogP contribution < -0.4 is 10.1 Å². The lowest BCUT2D eigenvalue weighted by molar-refractivity contribution is -0.340. The minimum atomic E-state index is -1.21. The summed E-state index contributed by atoms with van der Waals surface area (Å²) in [7, 11) is 0. The Hall–Kier alpha value is -3.31. The van der Waals surface area contributed by atoms with Gasteiger partial charge in [0.25, 0.3) is 0 Å². The van der Waals surface area contributed by atoms with Gasteiger partial charge in [-0.25, -0.2) is 4.79 Å². The van der Waals surface area contributed by atoms with Gasteiger partial charge in [-0.2, -0.15) is 0 Å². The number of aliphatic carboxylic acids is 1. The Kier molecular flexibility index (Phi) is 8.00. The van der Waals surface area contributed by atoms with E-state index >= 15 is 0 Å². The number of rotatable bonds is 8. The lowest BCUT2D eigenvalue weighted by Crippen LogP contribution is -2.68. The lowest BCUT2D eigenvalue weighted by Gasteiger charge is -2.49. The minimum absolute atomic E-state index is 0.104. The van der Waals surface area contributed by atoms with Crippen LogP contribution in [-0.4, -0.2) is 66.1 Å². The van der Waals surface area contributed by atoms with Gasteiger partial charge in [-0.1, -0.05) is 42.5 Å². The van der Waals surface area contributed by atoms with E-state index in [0.717, 1.165) is 5.56 Å². The second-order valence-corrected chi connectivity index (χ2v) is 8.70. The SMILES string of the molecule is CC(=O)NC1C(Oc2ccccc2C(C)=O)OC2COC(c3ccccc3)OC2C1OC(C)C(=O)O. The molecule has 36 heavy (non-hydrogen) atoms. The molecule has 2 fully saturated rings. The first-order chi connectivity index (χ1) is 17.2. The fourth-order valence-electron chi connectivity index (χ4n) is 4.28. The van der Waals surface area contributed by atoms with Gasteiger partial charge in [0.1, 0.15) is 30.1 Å². The van der Waals surface area contributed by atoms with E-state index in [-0.39, 0.29) is 18.1 Å². The van der Waals surface area contributed by atoms with Crippen molar-refractivity contribution in [2.24, 2.45) is 0 Å². The molecule has 2 aromatic carbocycles. The van der Waals surface area contributed by atoms with Crippen molar-refractivity contribution in [2.75, 3.05) is 6.61 Å². The highest BCUT2D eigenvalue weighted by atomic mass is 16.8. The van der Waals surface area contributed by atoms with Gasteiger partial charge in [0.05, 0.1) is 12.2 Å². The molecule has 0 radical (unpaired) electrons. The third kappa shape index (κ3) is 5.73. The van der Waals surface area contributed by atoms with E-state index in [1.165, 1.54) is 20.8 Å². The molecule has 0 saturated carbocycles. The van der Waals surface area contributed by atoms with Gasteiger partial charge in [-0.3, -0.25) is 9.59 Å². The third-order valence-corrected chi connectivity index (χ3v) is 6.00. The number of amides is 1. The standard InChI is InChI=1S/C26H29NO9/c1-14(28)18-11-7-8-12-19(18)34-26-21(27-16(3)29)23(33-15(2)24(30)31)22-20(35-26)13-32-25(36-22)17-9-5-4-6-10-17/h4-12,15,20-23,25-26H,13H2,1-3H3,(H,27,29)(H,30,31). The molecule has 0 aromatic heterocycles. The first-order valence-electron chi connectivity index (χ1n) is 11.6. The molecular weight excluding hydrogens is 470 g/mol. The molecule has 7 atom stereocenters. The van der Waals surface area contributed by atoms with E-state index in [0.29, 0.717) is 5.56 Å². The van der Waals surface area contributed by atoms with E-state index in [1.807, 2.05) is 30.3 Å². The van der Waals surface area contributed by atoms with E-state index in [4.69, 9.17) is 23.7 Å². The molecular formula is C26H29NO9. The average molecular weight is 500 g/mol. The number of carboxylic acids is 1. The molecule has 0 bridgehead atoms. The summed E-state index contributed by atoms with van der Waals surface area (Å²) in [6, 6.07) is 15.0. The molecule has 2 aliphatic rings. The summed E-state index contributed by atoms with van der Waals surface area (Å²) in [5.41, 5.74) is 1.10. The van der Waals surface area contributed by atoms with Crippen molar-refractivity contribution in [3.63, 3.8) is 0 Å². The molecule has 2 heterocycles. The molecule has 0 spiro atoms. The summed E-state index contributed by atoms with van der Waals surface area (Å²) in [6.45, 7) is 4.24. The molecule has 2 N–H and O–H groups in total. The summed E-state index contributed by atoms with van der Waals surface area (Å²) in [6.07, 6.45) is -5.53. The Balaban J connectivity index is 1.68. The van der Waals surface area contributed by atoms with Crippen molar-refractivity contribution in [3.05, 3.63) is 65.7 Å². The van der Waals surface area contributed by atoms with Crippen LogP contribution in [-0.2, 0) is 28.5 Å². The van der Waals surface area contributed by atoms with E-state index in [9.17, 15) is 19.5 Å². The highest BCUT2D eigenvalue weighted by Gasteiger charge is 2.53. The number of carbonyl (C=O) groups is 3. The maximum atomic E-state index is 12.2. The lowest BCUT2D eigenvalue weighted by atomic mass is 9.95. The van der Waals surface area contributed by atoms with Crippen LogP contribution in [0, 0.1) is 0 Å². The number of carbonyl (C=O) groups excluding carboxylic acids is 2. The Bertz CT molecular complexity index is 1090. The van der Waals surface area contributed by atoms with Gasteiger partial charge in [-0.15, -0.1) is 0 Å². The minimum Gasteiger partial charge on any atom is -0.479 e. The van der Waals surface area contributed by atoms with E-state index in [2.05, 4.69) is 5.32 Å². The number of hydrogen-bond acceptors (Lipinski definition) is 8. The smallest absolute Gasteiger partial charge is 0.332 e. The second kappa shape index (κ2) is 11.2.